The lowest BCUT2D eigenvalue weighted by Gasteiger charge is -2.07. The summed E-state index contributed by atoms with van der Waals surface area (Å²) in [5, 5.41) is 10.7. The Labute approximate surface area is 143 Å². The molecule has 1 aromatic carbocycles. The van der Waals surface area contributed by atoms with Crippen molar-refractivity contribution in [3.63, 3.8) is 0 Å². The molecular formula is C17H25ClN4O. The zero-order valence-corrected chi connectivity index (χ0v) is 14.7. The van der Waals surface area contributed by atoms with Gasteiger partial charge in [0.05, 0.1) is 22.6 Å². The first-order chi connectivity index (χ1) is 10.6. The van der Waals surface area contributed by atoms with Crippen LogP contribution in [0.25, 0.3) is 5.69 Å². The summed E-state index contributed by atoms with van der Waals surface area (Å²) in [6, 6.07) is 9.85. The predicted octanol–water partition coefficient (Wildman–Crippen LogP) is 2.64. The zero-order valence-electron chi connectivity index (χ0n) is 13.9. The number of benzene rings is 1. The van der Waals surface area contributed by atoms with E-state index in [1.807, 2.05) is 48.9 Å². The molecule has 0 saturated heterocycles. The van der Waals surface area contributed by atoms with Gasteiger partial charge in [0, 0.05) is 13.1 Å². The Morgan fingerprint density at radius 2 is 1.83 bits per heavy atom. The number of aryl methyl sites for hydroxylation is 1. The summed E-state index contributed by atoms with van der Waals surface area (Å²) in [5.74, 6) is -0.0597. The first-order valence-electron chi connectivity index (χ1n) is 7.75. The molecule has 0 saturated carbocycles. The van der Waals surface area contributed by atoms with Crippen molar-refractivity contribution in [1.82, 2.24) is 20.4 Å². The topological polar surface area (TPSA) is 58.9 Å². The van der Waals surface area contributed by atoms with Gasteiger partial charge in [0.1, 0.15) is 0 Å². The van der Waals surface area contributed by atoms with Gasteiger partial charge in [-0.1, -0.05) is 25.1 Å². The third-order valence-electron chi connectivity index (χ3n) is 3.53. The maximum atomic E-state index is 12.4. The Hall–Kier alpha value is -1.85. The first kappa shape index (κ1) is 19.2. The molecule has 23 heavy (non-hydrogen) atoms. The molecule has 2 aromatic rings. The van der Waals surface area contributed by atoms with E-state index in [1.165, 1.54) is 0 Å². The summed E-state index contributed by atoms with van der Waals surface area (Å²) in [4.78, 5) is 12.4. The van der Waals surface area contributed by atoms with Gasteiger partial charge in [0.25, 0.3) is 5.91 Å². The monoisotopic (exact) mass is 336 g/mol. The van der Waals surface area contributed by atoms with E-state index in [-0.39, 0.29) is 18.3 Å². The molecule has 0 aliphatic carbocycles. The molecule has 0 radical (unpaired) electrons. The number of hydrogen-bond donors (Lipinski definition) is 2. The van der Waals surface area contributed by atoms with E-state index >= 15 is 0 Å². The number of nitrogens with zero attached hydrogens (tertiary/aromatic N) is 2. The van der Waals surface area contributed by atoms with Crippen LogP contribution in [0.5, 0.6) is 0 Å². The largest absolute Gasteiger partial charge is 0.351 e. The molecule has 0 aliphatic heterocycles. The minimum atomic E-state index is -0.0597. The van der Waals surface area contributed by atoms with Gasteiger partial charge in [-0.3, -0.25) is 4.79 Å². The van der Waals surface area contributed by atoms with Gasteiger partial charge in [-0.2, -0.15) is 5.10 Å². The lowest BCUT2D eigenvalue weighted by molar-refractivity contribution is 0.0952. The van der Waals surface area contributed by atoms with Crippen molar-refractivity contribution < 1.29 is 4.79 Å². The van der Waals surface area contributed by atoms with Crippen LogP contribution in [0.1, 0.15) is 35.1 Å². The molecule has 0 spiro atoms. The van der Waals surface area contributed by atoms with Crippen molar-refractivity contribution in [2.75, 3.05) is 19.6 Å². The van der Waals surface area contributed by atoms with E-state index in [2.05, 4.69) is 22.7 Å². The van der Waals surface area contributed by atoms with Gasteiger partial charge in [0.2, 0.25) is 0 Å². The molecule has 1 aromatic heterocycles. The molecule has 0 fully saturated rings. The average molecular weight is 337 g/mol. The molecule has 0 aliphatic rings. The average Bonchev–Trinajstić information content (AvgIpc) is 2.82. The van der Waals surface area contributed by atoms with Crippen LogP contribution in [0.15, 0.2) is 30.3 Å². The molecule has 0 unspecified atom stereocenters. The summed E-state index contributed by atoms with van der Waals surface area (Å²) in [7, 11) is 0. The normalized spacial score (nSPS) is 10.2. The molecule has 0 bridgehead atoms. The van der Waals surface area contributed by atoms with Crippen LogP contribution in [-0.4, -0.2) is 35.3 Å². The highest BCUT2D eigenvalue weighted by Gasteiger charge is 2.18. The van der Waals surface area contributed by atoms with E-state index in [0.29, 0.717) is 12.1 Å². The van der Waals surface area contributed by atoms with E-state index in [9.17, 15) is 4.79 Å². The SMILES string of the molecule is CCCNCCNC(=O)c1c(C)nn(-c2ccccc2)c1C.Cl. The maximum Gasteiger partial charge on any atom is 0.255 e. The number of amides is 1. The summed E-state index contributed by atoms with van der Waals surface area (Å²) < 4.78 is 1.82. The number of rotatable bonds is 7. The van der Waals surface area contributed by atoms with Crippen molar-refractivity contribution >= 4 is 18.3 Å². The Morgan fingerprint density at radius 3 is 2.48 bits per heavy atom. The maximum absolute atomic E-state index is 12.4. The Bertz CT molecular complexity index is 625. The smallest absolute Gasteiger partial charge is 0.255 e. The highest BCUT2D eigenvalue weighted by molar-refractivity contribution is 5.96. The Balaban J connectivity index is 0.00000264. The van der Waals surface area contributed by atoms with Gasteiger partial charge in [0.15, 0.2) is 0 Å². The lowest BCUT2D eigenvalue weighted by atomic mass is 10.2. The molecule has 2 N–H and O–H groups in total. The first-order valence-corrected chi connectivity index (χ1v) is 7.75. The number of aromatic nitrogens is 2. The summed E-state index contributed by atoms with van der Waals surface area (Å²) in [6.45, 7) is 8.29. The van der Waals surface area contributed by atoms with Gasteiger partial charge >= 0.3 is 0 Å². The predicted molar refractivity (Wildman–Crippen MR) is 95.8 cm³/mol. The van der Waals surface area contributed by atoms with Crippen LogP contribution < -0.4 is 10.6 Å². The number of carbonyl (C=O) groups is 1. The molecule has 1 amide bonds. The van der Waals surface area contributed by atoms with Crippen molar-refractivity contribution in [3.05, 3.63) is 47.3 Å². The van der Waals surface area contributed by atoms with E-state index in [4.69, 9.17) is 0 Å². The van der Waals surface area contributed by atoms with Crippen LogP contribution in [0.2, 0.25) is 0 Å². The van der Waals surface area contributed by atoms with Gasteiger partial charge in [-0.25, -0.2) is 4.68 Å². The third kappa shape index (κ3) is 4.81. The minimum Gasteiger partial charge on any atom is -0.351 e. The van der Waals surface area contributed by atoms with E-state index in [0.717, 1.165) is 36.6 Å². The number of hydrogen-bond acceptors (Lipinski definition) is 3. The molecule has 126 valence electrons. The molecule has 5 nitrogen and oxygen atoms in total. The van der Waals surface area contributed by atoms with Gasteiger partial charge in [-0.15, -0.1) is 12.4 Å². The van der Waals surface area contributed by atoms with Crippen LogP contribution >= 0.6 is 12.4 Å². The van der Waals surface area contributed by atoms with E-state index in [1.54, 1.807) is 0 Å². The van der Waals surface area contributed by atoms with Crippen molar-refractivity contribution in [2.45, 2.75) is 27.2 Å². The number of para-hydroxylation sites is 1. The van der Waals surface area contributed by atoms with Crippen LogP contribution in [0.3, 0.4) is 0 Å². The molecule has 0 atom stereocenters. The summed E-state index contributed by atoms with van der Waals surface area (Å²) in [6.07, 6.45) is 1.09. The lowest BCUT2D eigenvalue weighted by Crippen LogP contribution is -2.32. The molecule has 6 heteroatoms. The second kappa shape index (κ2) is 9.33. The zero-order chi connectivity index (χ0) is 15.9. The fraction of sp³-hybridized carbons (Fsp3) is 0.412. The minimum absolute atomic E-state index is 0. The van der Waals surface area contributed by atoms with Crippen LogP contribution in [-0.2, 0) is 0 Å². The van der Waals surface area contributed by atoms with Crippen molar-refractivity contribution in [1.29, 1.82) is 0 Å². The van der Waals surface area contributed by atoms with Crippen molar-refractivity contribution in [2.24, 2.45) is 0 Å². The Morgan fingerprint density at radius 1 is 1.13 bits per heavy atom. The second-order valence-electron chi connectivity index (χ2n) is 5.30. The van der Waals surface area contributed by atoms with Gasteiger partial charge < -0.3 is 10.6 Å². The molecular weight excluding hydrogens is 312 g/mol. The fourth-order valence-corrected chi connectivity index (χ4v) is 2.45. The molecule has 1 heterocycles. The Kier molecular flexibility index (Phi) is 7.78. The standard InChI is InChI=1S/C17H24N4O.ClH/c1-4-10-18-11-12-19-17(22)16-13(2)20-21(14(16)3)15-8-6-5-7-9-15;/h5-9,18H,4,10-12H2,1-3H3,(H,19,22);1H. The highest BCUT2D eigenvalue weighted by Crippen LogP contribution is 2.17. The van der Waals surface area contributed by atoms with Crippen molar-refractivity contribution in [3.8, 4) is 5.69 Å². The number of nitrogens with one attached hydrogen (secondary N) is 2. The summed E-state index contributed by atoms with van der Waals surface area (Å²) in [5.41, 5.74) is 3.24. The van der Waals surface area contributed by atoms with E-state index < -0.39 is 0 Å². The van der Waals surface area contributed by atoms with Crippen LogP contribution in [0, 0.1) is 13.8 Å². The quantitative estimate of drug-likeness (QED) is 0.764. The summed E-state index contributed by atoms with van der Waals surface area (Å²) >= 11 is 0. The molecule has 2 rings (SSSR count). The van der Waals surface area contributed by atoms with Crippen LogP contribution in [0.4, 0.5) is 0 Å². The number of halogens is 1. The fourth-order valence-electron chi connectivity index (χ4n) is 2.45. The van der Waals surface area contributed by atoms with Gasteiger partial charge in [-0.05, 0) is 38.9 Å². The highest BCUT2D eigenvalue weighted by atomic mass is 35.5. The number of carbonyl (C=O) groups excluding carboxylic acids is 1. The second-order valence-corrected chi connectivity index (χ2v) is 5.30. The third-order valence-corrected chi connectivity index (χ3v) is 3.53.